The van der Waals surface area contributed by atoms with Gasteiger partial charge in [-0.3, -0.25) is 10.7 Å². The molecule has 3 heteroatoms. The molecule has 0 aliphatic carbocycles. The van der Waals surface area contributed by atoms with Gasteiger partial charge in [-0.1, -0.05) is 6.07 Å². The summed E-state index contributed by atoms with van der Waals surface area (Å²) >= 11 is 0. The fraction of sp³-hybridized carbons (Fsp3) is 0.286. The van der Waals surface area contributed by atoms with Crippen LogP contribution in [0.1, 0.15) is 11.3 Å². The lowest BCUT2D eigenvalue weighted by Crippen LogP contribution is -1.99. The van der Waals surface area contributed by atoms with Crippen LogP contribution in [0.2, 0.25) is 0 Å². The summed E-state index contributed by atoms with van der Waals surface area (Å²) in [5.41, 5.74) is 14.1. The molecule has 0 atom stereocenters. The highest BCUT2D eigenvalue weighted by atomic mass is 14.7. The quantitative estimate of drug-likeness (QED) is 0.636. The maximum Gasteiger partial charge on any atom is 0.0539 e. The first-order valence-electron chi connectivity index (χ1n) is 3.15. The number of nitrogens with zero attached hydrogens (tertiary/aromatic N) is 1. The highest BCUT2D eigenvalue weighted by Gasteiger charge is 1.90. The average molecular weight is 136 g/mol. The van der Waals surface area contributed by atoms with Crippen molar-refractivity contribution in [3.05, 3.63) is 29.6 Å². The summed E-state index contributed by atoms with van der Waals surface area (Å²) in [5.74, 6) is 0. The van der Waals surface area contributed by atoms with Crippen LogP contribution in [0.25, 0.3) is 0 Å². The minimum atomic E-state index is 0.290. The minimum Gasteiger partial charge on any atom is -0.325 e. The molecule has 0 aliphatic heterocycles. The lowest BCUT2D eigenvalue weighted by molar-refractivity contribution is 0.952. The summed E-state index contributed by atoms with van der Waals surface area (Å²) in [6.07, 6.45) is 1.69. The summed E-state index contributed by atoms with van der Waals surface area (Å²) in [6, 6.07) is 3.73. The van der Waals surface area contributed by atoms with Gasteiger partial charge in [0.2, 0.25) is 0 Å². The van der Waals surface area contributed by atoms with Crippen LogP contribution in [0, 0.1) is 0 Å². The lowest BCUT2D eigenvalue weighted by Gasteiger charge is -1.96. The number of pyridine rings is 1. The molecule has 0 aromatic carbocycles. The van der Waals surface area contributed by atoms with E-state index in [0.29, 0.717) is 6.54 Å². The van der Waals surface area contributed by atoms with Crippen LogP contribution >= 0.6 is 0 Å². The Balaban J connectivity index is 2.80. The monoisotopic (exact) mass is 136 g/mol. The van der Waals surface area contributed by atoms with Crippen LogP contribution in [0.5, 0.6) is 0 Å². The summed E-state index contributed by atoms with van der Waals surface area (Å²) < 4.78 is 0. The zero-order valence-electron chi connectivity index (χ0n) is 5.67. The van der Waals surface area contributed by atoms with Crippen molar-refractivity contribution in [2.24, 2.45) is 5.73 Å². The molecule has 1 heterocycles. The molecule has 3 nitrogen and oxygen atoms in total. The van der Waals surface area contributed by atoms with E-state index < -0.39 is 0 Å². The molecule has 0 amide bonds. The Hall–Kier alpha value is -0.930. The second kappa shape index (κ2) is 3.29. The van der Waals surface area contributed by atoms with Crippen molar-refractivity contribution in [3.63, 3.8) is 0 Å². The van der Waals surface area contributed by atoms with Crippen LogP contribution < -0.4 is 11.5 Å². The van der Waals surface area contributed by atoms with Gasteiger partial charge in [0.1, 0.15) is 0 Å². The van der Waals surface area contributed by atoms with E-state index in [4.69, 9.17) is 11.5 Å². The number of aromatic nitrogens is 1. The second-order valence-electron chi connectivity index (χ2n) is 2.04. The number of hydrogen-bond donors (Lipinski definition) is 1. The van der Waals surface area contributed by atoms with Crippen molar-refractivity contribution < 1.29 is 0 Å². The Morgan fingerprint density at radius 2 is 2.30 bits per heavy atom. The topological polar surface area (TPSA) is 62.7 Å². The first kappa shape index (κ1) is 7.18. The SMILES string of the molecule is [NH]Cc1ccc(CN)nc1. The van der Waals surface area contributed by atoms with Crippen LogP contribution in [0.4, 0.5) is 0 Å². The average Bonchev–Trinajstić information content (AvgIpc) is 2.05. The molecule has 1 rings (SSSR count). The predicted molar refractivity (Wildman–Crippen MR) is 38.9 cm³/mol. The van der Waals surface area contributed by atoms with Crippen LogP contribution in [-0.4, -0.2) is 4.98 Å². The number of rotatable bonds is 2. The molecule has 1 aromatic rings. The smallest absolute Gasteiger partial charge is 0.0539 e. The fourth-order valence-electron chi connectivity index (χ4n) is 0.680. The molecule has 0 aliphatic rings. The minimum absolute atomic E-state index is 0.290. The standard InChI is InChI=1S/C7H10N3/c8-3-6-1-2-7(4-9)10-5-6/h1-2,5,8H,3-4,9H2. The van der Waals surface area contributed by atoms with Gasteiger partial charge in [-0.2, -0.15) is 0 Å². The van der Waals surface area contributed by atoms with Crippen molar-refractivity contribution in [2.45, 2.75) is 13.1 Å². The molecular weight excluding hydrogens is 126 g/mol. The second-order valence-corrected chi connectivity index (χ2v) is 2.04. The van der Waals surface area contributed by atoms with Gasteiger partial charge in [-0.25, -0.2) is 0 Å². The molecule has 0 unspecified atom stereocenters. The molecule has 10 heavy (non-hydrogen) atoms. The van der Waals surface area contributed by atoms with E-state index in [1.165, 1.54) is 0 Å². The largest absolute Gasteiger partial charge is 0.325 e. The molecule has 0 saturated heterocycles. The molecular formula is C7H10N3. The van der Waals surface area contributed by atoms with Crippen LogP contribution in [-0.2, 0) is 13.1 Å². The molecule has 0 bridgehead atoms. The third-order valence-corrected chi connectivity index (χ3v) is 1.30. The lowest BCUT2D eigenvalue weighted by atomic mass is 10.2. The molecule has 3 N–H and O–H groups in total. The Labute approximate surface area is 60.1 Å². The third-order valence-electron chi connectivity index (χ3n) is 1.30. The van der Waals surface area contributed by atoms with Crippen molar-refractivity contribution in [2.75, 3.05) is 0 Å². The summed E-state index contributed by atoms with van der Waals surface area (Å²) in [6.45, 7) is 0.760. The Morgan fingerprint density at radius 1 is 1.50 bits per heavy atom. The van der Waals surface area contributed by atoms with Gasteiger partial charge < -0.3 is 5.73 Å². The highest BCUT2D eigenvalue weighted by molar-refractivity contribution is 5.13. The van der Waals surface area contributed by atoms with E-state index in [0.717, 1.165) is 11.3 Å². The van der Waals surface area contributed by atoms with Gasteiger partial charge in [0, 0.05) is 19.3 Å². The van der Waals surface area contributed by atoms with Gasteiger partial charge in [0.05, 0.1) is 5.69 Å². The van der Waals surface area contributed by atoms with Crippen molar-refractivity contribution >= 4 is 0 Å². The zero-order valence-corrected chi connectivity index (χ0v) is 5.67. The van der Waals surface area contributed by atoms with Crippen LogP contribution in [0.3, 0.4) is 0 Å². The molecule has 1 aromatic heterocycles. The normalized spacial score (nSPS) is 9.80. The maximum absolute atomic E-state index is 7.00. The molecule has 0 saturated carbocycles. The maximum atomic E-state index is 7.00. The first-order valence-corrected chi connectivity index (χ1v) is 3.15. The van der Waals surface area contributed by atoms with E-state index in [2.05, 4.69) is 4.98 Å². The molecule has 0 spiro atoms. The molecule has 1 radical (unpaired) electrons. The van der Waals surface area contributed by atoms with E-state index in [1.54, 1.807) is 6.20 Å². The summed E-state index contributed by atoms with van der Waals surface area (Å²) in [5, 5.41) is 0. The van der Waals surface area contributed by atoms with Gasteiger partial charge in [0.15, 0.2) is 0 Å². The summed E-state index contributed by atoms with van der Waals surface area (Å²) in [7, 11) is 0. The molecule has 0 fully saturated rings. The van der Waals surface area contributed by atoms with Gasteiger partial charge in [0.25, 0.3) is 0 Å². The van der Waals surface area contributed by atoms with Gasteiger partial charge in [-0.15, -0.1) is 0 Å². The van der Waals surface area contributed by atoms with Crippen LogP contribution in [0.15, 0.2) is 18.3 Å². The van der Waals surface area contributed by atoms with Gasteiger partial charge >= 0.3 is 0 Å². The Kier molecular flexibility index (Phi) is 2.36. The van der Waals surface area contributed by atoms with E-state index in [-0.39, 0.29) is 6.54 Å². The first-order chi connectivity index (χ1) is 4.86. The fourth-order valence-corrected chi connectivity index (χ4v) is 0.680. The Bertz CT molecular complexity index is 170. The van der Waals surface area contributed by atoms with E-state index in [9.17, 15) is 0 Å². The number of nitrogens with one attached hydrogen (secondary N) is 1. The van der Waals surface area contributed by atoms with Crippen molar-refractivity contribution in [1.29, 1.82) is 0 Å². The third kappa shape index (κ3) is 1.52. The van der Waals surface area contributed by atoms with E-state index >= 15 is 0 Å². The molecule has 53 valence electrons. The van der Waals surface area contributed by atoms with E-state index in [1.807, 2.05) is 12.1 Å². The van der Waals surface area contributed by atoms with Crippen molar-refractivity contribution in [3.8, 4) is 0 Å². The Morgan fingerprint density at radius 3 is 2.70 bits per heavy atom. The number of hydrogen-bond acceptors (Lipinski definition) is 2. The van der Waals surface area contributed by atoms with Crippen molar-refractivity contribution in [1.82, 2.24) is 10.7 Å². The number of nitrogens with two attached hydrogens (primary N) is 1. The predicted octanol–water partition coefficient (Wildman–Crippen LogP) is 0.323. The highest BCUT2D eigenvalue weighted by Crippen LogP contribution is 1.97. The van der Waals surface area contributed by atoms with Gasteiger partial charge in [-0.05, 0) is 11.6 Å². The zero-order chi connectivity index (χ0) is 7.40. The summed E-state index contributed by atoms with van der Waals surface area (Å²) in [4.78, 5) is 4.02.